The average Bonchev–Trinajstić information content (AvgIpc) is 2.92. The number of carbonyl (C=O) groups is 1. The lowest BCUT2D eigenvalue weighted by atomic mass is 10.2. The summed E-state index contributed by atoms with van der Waals surface area (Å²) < 4.78 is 5.27. The van der Waals surface area contributed by atoms with Gasteiger partial charge >= 0.3 is 0 Å². The van der Waals surface area contributed by atoms with E-state index >= 15 is 0 Å². The summed E-state index contributed by atoms with van der Waals surface area (Å²) >= 11 is 6.05. The van der Waals surface area contributed by atoms with Crippen molar-refractivity contribution in [3.63, 3.8) is 0 Å². The van der Waals surface area contributed by atoms with Gasteiger partial charge in [0.05, 0.1) is 19.3 Å². The summed E-state index contributed by atoms with van der Waals surface area (Å²) in [5, 5.41) is 6.81. The number of ether oxygens (including phenoxy) is 1. The zero-order valence-corrected chi connectivity index (χ0v) is 12.7. The van der Waals surface area contributed by atoms with E-state index in [2.05, 4.69) is 10.6 Å². The molecule has 0 bridgehead atoms. The molecule has 0 radical (unpaired) electrons. The third-order valence-electron chi connectivity index (χ3n) is 3.64. The van der Waals surface area contributed by atoms with Crippen LogP contribution in [0.5, 0.6) is 5.75 Å². The van der Waals surface area contributed by atoms with Crippen LogP contribution in [-0.2, 0) is 4.79 Å². The van der Waals surface area contributed by atoms with Gasteiger partial charge in [-0.25, -0.2) is 0 Å². The number of benzene rings is 1. The number of aryl methyl sites for hydroxylation is 1. The lowest BCUT2D eigenvalue weighted by molar-refractivity contribution is -0.120. The molecule has 0 saturated heterocycles. The van der Waals surface area contributed by atoms with E-state index < -0.39 is 0 Å². The second-order valence-electron chi connectivity index (χ2n) is 5.20. The summed E-state index contributed by atoms with van der Waals surface area (Å²) in [7, 11) is 1.59. The van der Waals surface area contributed by atoms with Gasteiger partial charge in [0.25, 0.3) is 0 Å². The lowest BCUT2D eigenvalue weighted by Crippen LogP contribution is -2.36. The van der Waals surface area contributed by atoms with Crippen LogP contribution in [0.1, 0.15) is 31.2 Å². The first-order valence-corrected chi connectivity index (χ1v) is 7.35. The number of methoxy groups -OCH3 is 1. The summed E-state index contributed by atoms with van der Waals surface area (Å²) in [6.45, 7) is 2.17. The predicted molar refractivity (Wildman–Crippen MR) is 81.6 cm³/mol. The Labute approximate surface area is 124 Å². The van der Waals surface area contributed by atoms with Gasteiger partial charge in [0.1, 0.15) is 5.75 Å². The van der Waals surface area contributed by atoms with Crippen LogP contribution in [-0.4, -0.2) is 25.6 Å². The number of carbonyl (C=O) groups excluding carboxylic acids is 1. The molecule has 1 fully saturated rings. The summed E-state index contributed by atoms with van der Waals surface area (Å²) in [6.07, 6.45) is 4.61. The molecule has 1 aromatic carbocycles. The second kappa shape index (κ2) is 6.84. The predicted octanol–water partition coefficient (Wildman–Crippen LogP) is 3.13. The second-order valence-corrected chi connectivity index (χ2v) is 5.61. The molecule has 1 aliphatic rings. The Hall–Kier alpha value is -1.42. The minimum absolute atomic E-state index is 0.0200. The molecule has 0 heterocycles. The molecule has 1 aliphatic carbocycles. The van der Waals surface area contributed by atoms with Crippen molar-refractivity contribution in [1.29, 1.82) is 0 Å². The van der Waals surface area contributed by atoms with Gasteiger partial charge in [-0.05, 0) is 31.4 Å². The zero-order valence-electron chi connectivity index (χ0n) is 12.0. The van der Waals surface area contributed by atoms with Crippen molar-refractivity contribution >= 4 is 23.2 Å². The first-order valence-electron chi connectivity index (χ1n) is 6.97. The van der Waals surface area contributed by atoms with Crippen LogP contribution in [0.25, 0.3) is 0 Å². The van der Waals surface area contributed by atoms with Gasteiger partial charge < -0.3 is 15.4 Å². The van der Waals surface area contributed by atoms with Crippen LogP contribution in [0.2, 0.25) is 5.02 Å². The fraction of sp³-hybridized carbons (Fsp3) is 0.533. The fourth-order valence-corrected chi connectivity index (χ4v) is 2.65. The van der Waals surface area contributed by atoms with Gasteiger partial charge in [-0.1, -0.05) is 24.4 Å². The van der Waals surface area contributed by atoms with Crippen LogP contribution < -0.4 is 15.4 Å². The van der Waals surface area contributed by atoms with Gasteiger partial charge in [-0.2, -0.15) is 0 Å². The van der Waals surface area contributed by atoms with Crippen LogP contribution >= 0.6 is 11.6 Å². The Balaban J connectivity index is 1.92. The first kappa shape index (κ1) is 15.0. The molecular formula is C15H21ClN2O2. The van der Waals surface area contributed by atoms with E-state index in [1.54, 1.807) is 13.2 Å². The van der Waals surface area contributed by atoms with E-state index in [1.807, 2.05) is 13.0 Å². The monoisotopic (exact) mass is 296 g/mol. The molecule has 0 unspecified atom stereocenters. The molecule has 110 valence electrons. The maximum atomic E-state index is 11.9. The van der Waals surface area contributed by atoms with Crippen LogP contribution in [0.3, 0.4) is 0 Å². The molecule has 0 spiro atoms. The van der Waals surface area contributed by atoms with Crippen molar-refractivity contribution < 1.29 is 9.53 Å². The third kappa shape index (κ3) is 3.79. The summed E-state index contributed by atoms with van der Waals surface area (Å²) in [6, 6.07) is 4.00. The summed E-state index contributed by atoms with van der Waals surface area (Å²) in [5.74, 6) is 0.667. The van der Waals surface area contributed by atoms with Gasteiger partial charge in [0.2, 0.25) is 5.91 Å². The largest absolute Gasteiger partial charge is 0.495 e. The highest BCUT2D eigenvalue weighted by molar-refractivity contribution is 6.31. The molecule has 2 N–H and O–H groups in total. The SMILES string of the molecule is COc1cc(Cl)c(C)cc1NCC(=O)NC1CCCC1. The highest BCUT2D eigenvalue weighted by Gasteiger charge is 2.17. The molecule has 20 heavy (non-hydrogen) atoms. The quantitative estimate of drug-likeness (QED) is 0.878. The van der Waals surface area contributed by atoms with Gasteiger partial charge in [-0.15, -0.1) is 0 Å². The van der Waals surface area contributed by atoms with E-state index in [-0.39, 0.29) is 12.5 Å². The molecule has 5 heteroatoms. The molecular weight excluding hydrogens is 276 g/mol. The third-order valence-corrected chi connectivity index (χ3v) is 4.05. The van der Waals surface area contributed by atoms with Crippen LogP contribution in [0.4, 0.5) is 5.69 Å². The van der Waals surface area contributed by atoms with E-state index in [0.29, 0.717) is 16.8 Å². The van der Waals surface area contributed by atoms with Crippen molar-refractivity contribution in [2.24, 2.45) is 0 Å². The highest BCUT2D eigenvalue weighted by Crippen LogP contribution is 2.30. The number of amides is 1. The maximum absolute atomic E-state index is 11.9. The highest BCUT2D eigenvalue weighted by atomic mass is 35.5. The molecule has 4 nitrogen and oxygen atoms in total. The molecule has 1 amide bonds. The zero-order chi connectivity index (χ0) is 14.5. The van der Waals surface area contributed by atoms with Crippen LogP contribution in [0, 0.1) is 6.92 Å². The molecule has 0 aromatic heterocycles. The maximum Gasteiger partial charge on any atom is 0.239 e. The molecule has 0 aliphatic heterocycles. The standard InChI is InChI=1S/C15H21ClN2O2/c1-10-7-13(14(20-2)8-12(10)16)17-9-15(19)18-11-5-3-4-6-11/h7-8,11,17H,3-6,9H2,1-2H3,(H,18,19). The van der Waals surface area contributed by atoms with Gasteiger partial charge in [0.15, 0.2) is 0 Å². The topological polar surface area (TPSA) is 50.4 Å². The Morgan fingerprint density at radius 3 is 2.75 bits per heavy atom. The number of hydrogen-bond acceptors (Lipinski definition) is 3. The number of anilines is 1. The van der Waals surface area contributed by atoms with E-state index in [4.69, 9.17) is 16.3 Å². The average molecular weight is 297 g/mol. The molecule has 2 rings (SSSR count). The van der Waals surface area contributed by atoms with Crippen molar-refractivity contribution in [2.75, 3.05) is 19.0 Å². The van der Waals surface area contributed by atoms with Crippen molar-refractivity contribution in [3.05, 3.63) is 22.7 Å². The first-order chi connectivity index (χ1) is 9.60. The smallest absolute Gasteiger partial charge is 0.239 e. The normalized spacial score (nSPS) is 15.2. The number of halogens is 1. The van der Waals surface area contributed by atoms with Crippen LogP contribution in [0.15, 0.2) is 12.1 Å². The number of rotatable bonds is 5. The fourth-order valence-electron chi connectivity index (χ4n) is 2.49. The molecule has 1 aromatic rings. The molecule has 0 atom stereocenters. The molecule has 1 saturated carbocycles. The summed E-state index contributed by atoms with van der Waals surface area (Å²) in [5.41, 5.74) is 1.74. The Bertz CT molecular complexity index is 485. The van der Waals surface area contributed by atoms with E-state index in [9.17, 15) is 4.79 Å². The Kier molecular flexibility index (Phi) is 5.12. The Morgan fingerprint density at radius 1 is 1.40 bits per heavy atom. The van der Waals surface area contributed by atoms with Crippen molar-refractivity contribution in [1.82, 2.24) is 5.32 Å². The number of hydrogen-bond donors (Lipinski definition) is 2. The Morgan fingerprint density at radius 2 is 2.10 bits per heavy atom. The minimum atomic E-state index is 0.0200. The van der Waals surface area contributed by atoms with Crippen molar-refractivity contribution in [2.45, 2.75) is 38.6 Å². The van der Waals surface area contributed by atoms with Gasteiger partial charge in [0, 0.05) is 17.1 Å². The van der Waals surface area contributed by atoms with E-state index in [0.717, 1.165) is 24.1 Å². The van der Waals surface area contributed by atoms with Gasteiger partial charge in [-0.3, -0.25) is 4.79 Å². The minimum Gasteiger partial charge on any atom is -0.495 e. The van der Waals surface area contributed by atoms with Crippen molar-refractivity contribution in [3.8, 4) is 5.75 Å². The summed E-state index contributed by atoms with van der Waals surface area (Å²) in [4.78, 5) is 11.9. The number of nitrogens with one attached hydrogen (secondary N) is 2. The lowest BCUT2D eigenvalue weighted by Gasteiger charge is -2.15. The van der Waals surface area contributed by atoms with E-state index in [1.165, 1.54) is 12.8 Å².